The highest BCUT2D eigenvalue weighted by molar-refractivity contribution is 8.08. The Morgan fingerprint density at radius 3 is 2.72 bits per heavy atom. The van der Waals surface area contributed by atoms with E-state index in [1.54, 1.807) is 0 Å². The summed E-state index contributed by atoms with van der Waals surface area (Å²) >= 11 is 1.39. The summed E-state index contributed by atoms with van der Waals surface area (Å²) < 4.78 is 18.0. The highest BCUT2D eigenvalue weighted by atomic mass is 32.2. The molecule has 29 heavy (non-hydrogen) atoms. The Kier molecular flexibility index (Phi) is 5.92. The monoisotopic (exact) mass is 438 g/mol. The first-order chi connectivity index (χ1) is 13.6. The van der Waals surface area contributed by atoms with E-state index in [1.807, 2.05) is 0 Å². The quantitative estimate of drug-likeness (QED) is 0.277. The van der Waals surface area contributed by atoms with E-state index in [1.165, 1.54) is 40.1 Å². The number of hydrogen-bond acceptors (Lipinski definition) is 8. The van der Waals surface area contributed by atoms with Crippen molar-refractivity contribution in [2.24, 2.45) is 5.92 Å². The lowest BCUT2D eigenvalue weighted by Gasteiger charge is -2.44. The fourth-order valence-corrected chi connectivity index (χ4v) is 4.97. The second kappa shape index (κ2) is 7.96. The van der Waals surface area contributed by atoms with Gasteiger partial charge in [-0.3, -0.25) is 9.69 Å². The van der Waals surface area contributed by atoms with Gasteiger partial charge in [0.15, 0.2) is 13.3 Å². The predicted octanol–water partition coefficient (Wildman–Crippen LogP) is 3.25. The molecular formula is C18H26N4O5SSi. The first-order valence-electron chi connectivity index (χ1n) is 9.25. The van der Waals surface area contributed by atoms with Crippen molar-refractivity contribution in [3.8, 4) is 0 Å². The number of hydrogen-bond donors (Lipinski definition) is 0. The Bertz CT molecular complexity index is 834. The molecule has 3 rings (SSSR count). The van der Waals surface area contributed by atoms with Gasteiger partial charge in [-0.2, -0.15) is 5.10 Å². The third kappa shape index (κ3) is 4.12. The van der Waals surface area contributed by atoms with Gasteiger partial charge < -0.3 is 13.9 Å². The van der Waals surface area contributed by atoms with Crippen LogP contribution in [0.25, 0.3) is 5.03 Å². The molecule has 2 atom stereocenters. The van der Waals surface area contributed by atoms with E-state index in [0.717, 1.165) is 0 Å². The van der Waals surface area contributed by atoms with Crippen molar-refractivity contribution in [1.82, 2.24) is 19.7 Å². The first-order valence-corrected chi connectivity index (χ1v) is 13.0. The van der Waals surface area contributed by atoms with Gasteiger partial charge in [0, 0.05) is 6.61 Å². The summed E-state index contributed by atoms with van der Waals surface area (Å²) in [5.41, 5.74) is 0. The van der Waals surface area contributed by atoms with E-state index in [2.05, 4.69) is 50.5 Å². The second-order valence-corrected chi connectivity index (χ2v) is 14.2. The number of β-lactam (4-membered cyclic amide) rings is 1. The van der Waals surface area contributed by atoms with Crippen LogP contribution in [0.1, 0.15) is 20.8 Å². The molecule has 0 aromatic carbocycles. The molecule has 9 nitrogen and oxygen atoms in total. The molecule has 0 saturated carbocycles. The highest BCUT2D eigenvalue weighted by Gasteiger charge is 2.57. The van der Waals surface area contributed by atoms with E-state index in [9.17, 15) is 9.59 Å². The summed E-state index contributed by atoms with van der Waals surface area (Å²) in [6.45, 7) is 14.6. The Morgan fingerprint density at radius 1 is 1.41 bits per heavy atom. The van der Waals surface area contributed by atoms with E-state index < -0.39 is 14.5 Å². The maximum Gasteiger partial charge on any atom is 0.515 e. The Morgan fingerprint density at radius 2 is 2.14 bits per heavy atom. The molecule has 11 heteroatoms. The van der Waals surface area contributed by atoms with Crippen molar-refractivity contribution in [3.63, 3.8) is 0 Å². The minimum atomic E-state index is -1.99. The molecule has 1 amide bonds. The number of amides is 1. The van der Waals surface area contributed by atoms with Crippen LogP contribution in [0.15, 0.2) is 31.2 Å². The fraction of sp³-hybridized carbons (Fsp3) is 0.556. The Hall–Kier alpha value is -2.11. The molecule has 0 radical (unpaired) electrons. The predicted molar refractivity (Wildman–Crippen MR) is 111 cm³/mol. The smallest absolute Gasteiger partial charge is 0.430 e. The van der Waals surface area contributed by atoms with Gasteiger partial charge in [-0.25, -0.2) is 14.5 Å². The molecule has 2 aliphatic heterocycles. The van der Waals surface area contributed by atoms with E-state index in [0.29, 0.717) is 11.6 Å². The maximum atomic E-state index is 12.9. The third-order valence-electron chi connectivity index (χ3n) is 5.34. The minimum Gasteiger partial charge on any atom is -0.430 e. The molecule has 1 fully saturated rings. The van der Waals surface area contributed by atoms with Gasteiger partial charge in [0.05, 0.1) is 5.92 Å². The normalized spacial score (nSPS) is 21.7. The number of ether oxygens (including phenoxy) is 2. The van der Waals surface area contributed by atoms with Crippen molar-refractivity contribution in [2.75, 3.05) is 13.2 Å². The summed E-state index contributed by atoms with van der Waals surface area (Å²) in [4.78, 5) is 30.2. The van der Waals surface area contributed by atoms with Crippen LogP contribution in [0.5, 0.6) is 0 Å². The Labute approximate surface area is 175 Å². The van der Waals surface area contributed by atoms with Crippen LogP contribution in [0.3, 0.4) is 0 Å². The van der Waals surface area contributed by atoms with Crippen molar-refractivity contribution < 1.29 is 23.5 Å². The van der Waals surface area contributed by atoms with Crippen molar-refractivity contribution in [1.29, 1.82) is 0 Å². The van der Waals surface area contributed by atoms with Crippen LogP contribution in [0.4, 0.5) is 4.79 Å². The summed E-state index contributed by atoms with van der Waals surface area (Å²) in [5, 5.41) is 4.43. The van der Waals surface area contributed by atoms with Crippen LogP contribution in [-0.2, 0) is 18.7 Å². The molecule has 1 aromatic rings. The van der Waals surface area contributed by atoms with Crippen molar-refractivity contribution in [2.45, 2.75) is 44.3 Å². The summed E-state index contributed by atoms with van der Waals surface area (Å²) in [6.07, 6.45) is 3.38. The highest BCUT2D eigenvalue weighted by Crippen LogP contribution is 2.51. The number of fused-ring (bicyclic) bond motifs is 1. The molecule has 0 unspecified atom stereocenters. The molecule has 1 saturated heterocycles. The number of thioether (sulfide) groups is 1. The number of aromatic nitrogens is 3. The number of carbonyl (C=O) groups is 2. The van der Waals surface area contributed by atoms with Gasteiger partial charge in [-0.1, -0.05) is 45.2 Å². The van der Waals surface area contributed by atoms with Gasteiger partial charge in [0.2, 0.25) is 11.8 Å². The largest absolute Gasteiger partial charge is 0.515 e. The van der Waals surface area contributed by atoms with Gasteiger partial charge in [-0.15, -0.1) is 0 Å². The van der Waals surface area contributed by atoms with Crippen LogP contribution in [-0.4, -0.2) is 58.6 Å². The summed E-state index contributed by atoms with van der Waals surface area (Å²) in [5.74, 6) is -0.367. The molecule has 0 spiro atoms. The van der Waals surface area contributed by atoms with E-state index in [4.69, 9.17) is 13.9 Å². The average molecular weight is 439 g/mol. The SMILES string of the molecule is C=CCOC(=O)OC1=C(n2cncn2)S[C@@H]2[C@@H](CO[Si](C)(C)C(C)(C)C)C(=O)N12. The van der Waals surface area contributed by atoms with Gasteiger partial charge in [0.1, 0.15) is 24.6 Å². The van der Waals surface area contributed by atoms with Crippen molar-refractivity contribution >= 4 is 37.2 Å². The molecule has 0 bridgehead atoms. The summed E-state index contributed by atoms with van der Waals surface area (Å²) in [7, 11) is -1.99. The average Bonchev–Trinajstić information content (AvgIpc) is 3.25. The van der Waals surface area contributed by atoms with Crippen LogP contribution < -0.4 is 0 Å². The van der Waals surface area contributed by atoms with Crippen LogP contribution in [0, 0.1) is 5.92 Å². The summed E-state index contributed by atoms with van der Waals surface area (Å²) in [6, 6.07) is 0. The lowest BCUT2D eigenvalue weighted by Crippen LogP contribution is -2.59. The minimum absolute atomic E-state index is 0.0122. The topological polar surface area (TPSA) is 95.8 Å². The molecule has 2 aliphatic rings. The molecule has 0 aliphatic carbocycles. The number of carbonyl (C=O) groups excluding carboxylic acids is 2. The first kappa shape index (κ1) is 21.6. The Balaban J connectivity index is 1.75. The van der Waals surface area contributed by atoms with E-state index in [-0.39, 0.29) is 34.7 Å². The van der Waals surface area contributed by atoms with E-state index >= 15 is 0 Å². The lowest BCUT2D eigenvalue weighted by atomic mass is 10.00. The fourth-order valence-electron chi connectivity index (χ4n) is 2.60. The zero-order valence-corrected chi connectivity index (χ0v) is 19.1. The maximum absolute atomic E-state index is 12.9. The zero-order valence-electron chi connectivity index (χ0n) is 17.2. The lowest BCUT2D eigenvalue weighted by molar-refractivity contribution is -0.151. The second-order valence-electron chi connectivity index (χ2n) is 8.30. The molecule has 158 valence electrons. The third-order valence-corrected chi connectivity index (χ3v) is 11.2. The molecule has 1 aromatic heterocycles. The van der Waals surface area contributed by atoms with Crippen LogP contribution >= 0.6 is 11.8 Å². The van der Waals surface area contributed by atoms with Gasteiger partial charge >= 0.3 is 6.16 Å². The van der Waals surface area contributed by atoms with Crippen LogP contribution in [0.2, 0.25) is 18.1 Å². The standard InChI is InChI=1S/C18H26N4O5SSi/c1-7-8-25-17(24)27-14-16(21-11-19-10-20-21)28-15-12(13(23)22(14)15)9-26-29(5,6)18(2,3)4/h7,10-12,15H,1,8-9H2,2-6H3/t12-,15+/m0/s1. The van der Waals surface area contributed by atoms with Gasteiger partial charge in [0.25, 0.3) is 0 Å². The molecule has 3 heterocycles. The molecule has 0 N–H and O–H groups in total. The van der Waals surface area contributed by atoms with Gasteiger partial charge in [-0.05, 0) is 18.1 Å². The molecular weight excluding hydrogens is 412 g/mol. The number of rotatable bonds is 7. The van der Waals surface area contributed by atoms with Crippen molar-refractivity contribution in [3.05, 3.63) is 31.2 Å². The number of nitrogens with zero attached hydrogens (tertiary/aromatic N) is 4. The zero-order chi connectivity index (χ0) is 21.4.